The first-order chi connectivity index (χ1) is 7.04. The third kappa shape index (κ3) is 3.23. The molecule has 0 saturated heterocycles. The van der Waals surface area contributed by atoms with Gasteiger partial charge in [0.15, 0.2) is 0 Å². The van der Waals surface area contributed by atoms with Gasteiger partial charge in [0.25, 0.3) is 0 Å². The molecule has 0 fully saturated rings. The summed E-state index contributed by atoms with van der Waals surface area (Å²) in [4.78, 5) is 9.95. The van der Waals surface area contributed by atoms with Crippen LogP contribution in [-0.4, -0.2) is 24.1 Å². The molecule has 0 bridgehead atoms. The molecular formula is C11H20N4. The van der Waals surface area contributed by atoms with E-state index in [9.17, 15) is 0 Å². The predicted molar refractivity (Wildman–Crippen MR) is 66.8 cm³/mol. The van der Waals surface area contributed by atoms with Gasteiger partial charge in [-0.05, 0) is 12.5 Å². The lowest BCUT2D eigenvalue weighted by molar-refractivity contribution is 1.03. The van der Waals surface area contributed by atoms with Gasteiger partial charge in [-0.2, -0.15) is 0 Å². The summed E-state index contributed by atoms with van der Waals surface area (Å²) in [7, 11) is 3.82. The van der Waals surface area contributed by atoms with Crippen molar-refractivity contribution in [3.8, 4) is 0 Å². The Kier molecular flexibility index (Phi) is 5.37. The monoisotopic (exact) mass is 208 g/mol. The van der Waals surface area contributed by atoms with E-state index in [0.717, 1.165) is 17.0 Å². The van der Waals surface area contributed by atoms with E-state index >= 15 is 0 Å². The molecule has 0 saturated carbocycles. The number of hydrogen-bond donors (Lipinski definition) is 1. The topological polar surface area (TPSA) is 55.0 Å². The van der Waals surface area contributed by atoms with Gasteiger partial charge in [-0.3, -0.25) is 0 Å². The van der Waals surface area contributed by atoms with Crippen LogP contribution < -0.4 is 10.6 Å². The number of anilines is 2. The Balaban J connectivity index is 0.000000921. The van der Waals surface area contributed by atoms with Gasteiger partial charge in [0.1, 0.15) is 18.0 Å². The van der Waals surface area contributed by atoms with Crippen LogP contribution in [0.25, 0.3) is 5.57 Å². The second-order valence-electron chi connectivity index (χ2n) is 3.13. The first kappa shape index (κ1) is 13.4. The Morgan fingerprint density at radius 2 is 1.87 bits per heavy atom. The molecule has 1 heterocycles. The molecule has 1 aromatic rings. The van der Waals surface area contributed by atoms with E-state index in [1.807, 2.05) is 39.8 Å². The maximum Gasteiger partial charge on any atom is 0.141 e. The van der Waals surface area contributed by atoms with E-state index in [1.54, 1.807) is 0 Å². The van der Waals surface area contributed by atoms with Crippen LogP contribution in [0, 0.1) is 0 Å². The Labute approximate surface area is 91.8 Å². The molecule has 4 nitrogen and oxygen atoms in total. The van der Waals surface area contributed by atoms with E-state index in [0.29, 0.717) is 5.82 Å². The number of allylic oxidation sites excluding steroid dienone is 1. The summed E-state index contributed by atoms with van der Waals surface area (Å²) >= 11 is 0. The van der Waals surface area contributed by atoms with E-state index in [1.165, 1.54) is 6.33 Å². The fourth-order valence-corrected chi connectivity index (χ4v) is 1.14. The summed E-state index contributed by atoms with van der Waals surface area (Å²) in [5.41, 5.74) is 7.42. The minimum absolute atomic E-state index is 0.478. The van der Waals surface area contributed by atoms with Gasteiger partial charge in [-0.25, -0.2) is 9.97 Å². The van der Waals surface area contributed by atoms with E-state index < -0.39 is 0 Å². The number of nitrogens with zero attached hydrogens (tertiary/aromatic N) is 3. The average Bonchev–Trinajstić information content (AvgIpc) is 2.19. The van der Waals surface area contributed by atoms with E-state index in [2.05, 4.69) is 16.5 Å². The molecule has 0 spiro atoms. The zero-order valence-corrected chi connectivity index (χ0v) is 10.2. The SMILES string of the molecule is C=C(C)c1c(N)ncnc1N(C)C.CC. The zero-order chi connectivity index (χ0) is 12.0. The number of hydrogen-bond acceptors (Lipinski definition) is 4. The van der Waals surface area contributed by atoms with Gasteiger partial charge >= 0.3 is 0 Å². The molecule has 2 N–H and O–H groups in total. The first-order valence-electron chi connectivity index (χ1n) is 4.97. The second kappa shape index (κ2) is 6.01. The number of nitrogens with two attached hydrogens (primary N) is 1. The highest BCUT2D eigenvalue weighted by molar-refractivity contribution is 5.78. The van der Waals surface area contributed by atoms with Crippen molar-refractivity contribution in [1.29, 1.82) is 0 Å². The second-order valence-corrected chi connectivity index (χ2v) is 3.13. The lowest BCUT2D eigenvalue weighted by Gasteiger charge is -2.16. The van der Waals surface area contributed by atoms with Crippen LogP contribution in [0.3, 0.4) is 0 Å². The highest BCUT2D eigenvalue weighted by Gasteiger charge is 2.10. The molecule has 0 aromatic carbocycles. The van der Waals surface area contributed by atoms with Gasteiger partial charge < -0.3 is 10.6 Å². The van der Waals surface area contributed by atoms with Crippen molar-refractivity contribution in [3.05, 3.63) is 18.5 Å². The normalized spacial score (nSPS) is 8.87. The van der Waals surface area contributed by atoms with Crippen LogP contribution in [-0.2, 0) is 0 Å². The Morgan fingerprint density at radius 1 is 1.33 bits per heavy atom. The molecule has 0 aliphatic carbocycles. The van der Waals surface area contributed by atoms with E-state index in [4.69, 9.17) is 5.73 Å². The van der Waals surface area contributed by atoms with Crippen molar-refractivity contribution in [3.63, 3.8) is 0 Å². The molecule has 15 heavy (non-hydrogen) atoms. The average molecular weight is 208 g/mol. The Bertz CT molecular complexity index is 331. The fraction of sp³-hybridized carbons (Fsp3) is 0.455. The van der Waals surface area contributed by atoms with Crippen molar-refractivity contribution < 1.29 is 0 Å². The summed E-state index contributed by atoms with van der Waals surface area (Å²) in [5, 5.41) is 0. The van der Waals surface area contributed by atoms with Gasteiger partial charge in [-0.15, -0.1) is 0 Å². The lowest BCUT2D eigenvalue weighted by Crippen LogP contribution is -2.14. The molecule has 0 atom stereocenters. The standard InChI is InChI=1S/C9H14N4.C2H6/c1-6(2)7-8(10)11-5-12-9(7)13(3)4;1-2/h5H,1H2,2-4H3,(H2,10,11,12);1-2H3. The lowest BCUT2D eigenvalue weighted by atomic mass is 10.1. The predicted octanol–water partition coefficient (Wildman–Crippen LogP) is 2.18. The van der Waals surface area contributed by atoms with Crippen molar-refractivity contribution in [1.82, 2.24) is 9.97 Å². The summed E-state index contributed by atoms with van der Waals surface area (Å²) in [6.07, 6.45) is 1.46. The molecule has 0 aliphatic heterocycles. The van der Waals surface area contributed by atoms with Gasteiger partial charge in [0.2, 0.25) is 0 Å². The van der Waals surface area contributed by atoms with Crippen LogP contribution in [0.5, 0.6) is 0 Å². The number of aromatic nitrogens is 2. The number of nitrogen functional groups attached to an aromatic ring is 1. The Hall–Kier alpha value is -1.58. The molecule has 84 valence electrons. The highest BCUT2D eigenvalue weighted by Crippen LogP contribution is 2.25. The first-order valence-corrected chi connectivity index (χ1v) is 4.97. The van der Waals surface area contributed by atoms with Crippen molar-refractivity contribution in [2.45, 2.75) is 20.8 Å². The minimum Gasteiger partial charge on any atom is -0.383 e. The molecule has 1 aromatic heterocycles. The van der Waals surface area contributed by atoms with E-state index in [-0.39, 0.29) is 0 Å². The number of rotatable bonds is 2. The van der Waals surface area contributed by atoms with Gasteiger partial charge in [-0.1, -0.05) is 20.4 Å². The third-order valence-corrected chi connectivity index (χ3v) is 1.71. The van der Waals surface area contributed by atoms with Crippen LogP contribution >= 0.6 is 0 Å². The molecular weight excluding hydrogens is 188 g/mol. The maximum absolute atomic E-state index is 5.72. The van der Waals surface area contributed by atoms with Crippen LogP contribution in [0.1, 0.15) is 26.3 Å². The quantitative estimate of drug-likeness (QED) is 0.809. The zero-order valence-electron chi connectivity index (χ0n) is 10.2. The fourth-order valence-electron chi connectivity index (χ4n) is 1.14. The smallest absolute Gasteiger partial charge is 0.141 e. The largest absolute Gasteiger partial charge is 0.383 e. The third-order valence-electron chi connectivity index (χ3n) is 1.71. The molecule has 0 unspecified atom stereocenters. The molecule has 4 heteroatoms. The van der Waals surface area contributed by atoms with Crippen molar-refractivity contribution >= 4 is 17.2 Å². The summed E-state index contributed by atoms with van der Waals surface area (Å²) in [6.45, 7) is 9.73. The molecule has 0 amide bonds. The minimum atomic E-state index is 0.478. The van der Waals surface area contributed by atoms with Crippen LogP contribution in [0.2, 0.25) is 0 Å². The summed E-state index contributed by atoms with van der Waals surface area (Å²) in [5.74, 6) is 1.28. The van der Waals surface area contributed by atoms with Crippen molar-refractivity contribution in [2.75, 3.05) is 24.7 Å². The van der Waals surface area contributed by atoms with Crippen LogP contribution in [0.15, 0.2) is 12.9 Å². The molecule has 0 radical (unpaired) electrons. The summed E-state index contributed by atoms with van der Waals surface area (Å²) in [6, 6.07) is 0. The highest BCUT2D eigenvalue weighted by atomic mass is 15.2. The van der Waals surface area contributed by atoms with Crippen molar-refractivity contribution in [2.24, 2.45) is 0 Å². The molecule has 0 aliphatic rings. The summed E-state index contributed by atoms with van der Waals surface area (Å²) < 4.78 is 0. The van der Waals surface area contributed by atoms with Gasteiger partial charge in [0.05, 0.1) is 5.56 Å². The van der Waals surface area contributed by atoms with Crippen LogP contribution in [0.4, 0.5) is 11.6 Å². The molecule has 1 rings (SSSR count). The Morgan fingerprint density at radius 3 is 2.20 bits per heavy atom. The van der Waals surface area contributed by atoms with Gasteiger partial charge in [0, 0.05) is 14.1 Å². The maximum atomic E-state index is 5.72.